The second-order valence-corrected chi connectivity index (χ2v) is 9.86. The molecule has 6 rings (SSSR count). The van der Waals surface area contributed by atoms with Crippen LogP contribution in [0.25, 0.3) is 0 Å². The molecule has 2 fully saturated rings. The molecule has 0 radical (unpaired) electrons. The van der Waals surface area contributed by atoms with Crippen LogP contribution in [-0.4, -0.2) is 85.5 Å². The van der Waals surface area contributed by atoms with E-state index in [1.54, 1.807) is 21.9 Å². The van der Waals surface area contributed by atoms with E-state index >= 15 is 0 Å². The number of fused-ring (bicyclic) bond motifs is 7. The number of nitrogens with one attached hydrogen (secondary N) is 2. The largest absolute Gasteiger partial charge is 0.493 e. The molecule has 2 aromatic rings. The summed E-state index contributed by atoms with van der Waals surface area (Å²) in [6, 6.07) is 11.6. The number of piperidine rings is 1. The molecule has 206 valence electrons. The maximum Gasteiger partial charge on any atom is 0.258 e. The SMILES string of the molecule is COc1ccc2cc1OCC(=O)NCc1ccc(cc1)O[C@@H]1CCN(C(=O)CN3CCCC3=O)C[C@@H]1NC2=O. The van der Waals surface area contributed by atoms with E-state index in [-0.39, 0.29) is 55.2 Å². The first-order chi connectivity index (χ1) is 18.9. The molecule has 2 N–H and O–H groups in total. The first kappa shape index (κ1) is 26.3. The number of methoxy groups -OCH3 is 1. The second-order valence-electron chi connectivity index (χ2n) is 9.86. The van der Waals surface area contributed by atoms with Gasteiger partial charge in [0.15, 0.2) is 18.1 Å². The number of hydrogen-bond acceptors (Lipinski definition) is 7. The van der Waals surface area contributed by atoms with Gasteiger partial charge >= 0.3 is 0 Å². The molecule has 4 aliphatic heterocycles. The summed E-state index contributed by atoms with van der Waals surface area (Å²) in [5.41, 5.74) is 1.20. The molecule has 0 aliphatic carbocycles. The van der Waals surface area contributed by atoms with Gasteiger partial charge in [-0.25, -0.2) is 0 Å². The Morgan fingerprint density at radius 1 is 1.10 bits per heavy atom. The Hall–Kier alpha value is -4.28. The number of hydrogen-bond donors (Lipinski definition) is 2. The summed E-state index contributed by atoms with van der Waals surface area (Å²) in [7, 11) is 1.48. The second kappa shape index (κ2) is 11.6. The van der Waals surface area contributed by atoms with E-state index in [2.05, 4.69) is 10.6 Å². The number of benzene rings is 2. The fraction of sp³-hybridized carbons (Fsp3) is 0.429. The van der Waals surface area contributed by atoms with Crippen LogP contribution in [0.15, 0.2) is 42.5 Å². The van der Waals surface area contributed by atoms with Crippen LogP contribution in [0, 0.1) is 0 Å². The average Bonchev–Trinajstić information content (AvgIpc) is 3.35. The van der Waals surface area contributed by atoms with Gasteiger partial charge in [0.2, 0.25) is 11.8 Å². The van der Waals surface area contributed by atoms with Crippen LogP contribution >= 0.6 is 0 Å². The smallest absolute Gasteiger partial charge is 0.258 e. The molecule has 0 saturated carbocycles. The van der Waals surface area contributed by atoms with Crippen LogP contribution in [0.2, 0.25) is 0 Å². The Bertz CT molecular complexity index is 1250. The zero-order valence-electron chi connectivity index (χ0n) is 21.8. The Morgan fingerprint density at radius 2 is 1.92 bits per heavy atom. The lowest BCUT2D eigenvalue weighted by Crippen LogP contribution is -2.59. The highest BCUT2D eigenvalue weighted by atomic mass is 16.5. The first-order valence-corrected chi connectivity index (χ1v) is 13.1. The van der Waals surface area contributed by atoms with E-state index in [0.717, 1.165) is 12.0 Å². The van der Waals surface area contributed by atoms with Gasteiger partial charge in [-0.15, -0.1) is 0 Å². The summed E-state index contributed by atoms with van der Waals surface area (Å²) in [6.07, 6.45) is 1.34. The lowest BCUT2D eigenvalue weighted by Gasteiger charge is -2.39. The molecular formula is C28H32N4O7. The number of likely N-dealkylation sites (tertiary alicyclic amines) is 2. The molecule has 4 heterocycles. The Labute approximate surface area is 226 Å². The van der Waals surface area contributed by atoms with Gasteiger partial charge in [0.1, 0.15) is 11.9 Å². The van der Waals surface area contributed by atoms with Crippen molar-refractivity contribution in [1.82, 2.24) is 20.4 Å². The van der Waals surface area contributed by atoms with Gasteiger partial charge in [0, 0.05) is 44.6 Å². The summed E-state index contributed by atoms with van der Waals surface area (Å²) in [5.74, 6) is 0.418. The Morgan fingerprint density at radius 3 is 2.67 bits per heavy atom. The number of rotatable bonds is 3. The highest BCUT2D eigenvalue weighted by Gasteiger charge is 2.35. The monoisotopic (exact) mass is 536 g/mol. The average molecular weight is 537 g/mol. The number of amides is 4. The van der Waals surface area contributed by atoms with Crippen molar-refractivity contribution >= 4 is 23.6 Å². The number of ether oxygens (including phenoxy) is 3. The standard InChI is InChI=1S/C28H32N4O7/c1-37-23-9-6-19-13-24(23)38-17-25(33)29-14-18-4-7-20(8-5-18)39-22-10-12-32(15-21(22)30-28(19)36)27(35)16-31-11-2-3-26(31)34/h4-9,13,21-22H,2-3,10-12,14-17H2,1H3,(H,29,33)(H,30,36)/t21-,22+/m0/s1. The topological polar surface area (TPSA) is 127 Å². The van der Waals surface area contributed by atoms with Gasteiger partial charge in [-0.2, -0.15) is 0 Å². The normalized spacial score (nSPS) is 21.7. The van der Waals surface area contributed by atoms with Gasteiger partial charge in [0.05, 0.1) is 19.7 Å². The predicted octanol–water partition coefficient (Wildman–Crippen LogP) is 1.10. The van der Waals surface area contributed by atoms with Crippen molar-refractivity contribution in [3.8, 4) is 17.2 Å². The minimum atomic E-state index is -0.505. The van der Waals surface area contributed by atoms with Crippen LogP contribution < -0.4 is 24.8 Å². The van der Waals surface area contributed by atoms with Gasteiger partial charge in [-0.05, 0) is 42.3 Å². The van der Waals surface area contributed by atoms with E-state index in [9.17, 15) is 19.2 Å². The molecule has 11 nitrogen and oxygen atoms in total. The summed E-state index contributed by atoms with van der Waals surface area (Å²) in [5, 5.41) is 5.84. The number of carbonyl (C=O) groups excluding carboxylic acids is 4. The van der Waals surface area contributed by atoms with E-state index in [0.29, 0.717) is 49.5 Å². The van der Waals surface area contributed by atoms with E-state index < -0.39 is 6.04 Å². The molecule has 4 bridgehead atoms. The van der Waals surface area contributed by atoms with Crippen LogP contribution in [0.5, 0.6) is 17.2 Å². The first-order valence-electron chi connectivity index (χ1n) is 13.1. The van der Waals surface area contributed by atoms with Crippen molar-refractivity contribution in [1.29, 1.82) is 0 Å². The van der Waals surface area contributed by atoms with Crippen molar-refractivity contribution in [2.75, 3.05) is 39.9 Å². The molecular weight excluding hydrogens is 504 g/mol. The fourth-order valence-corrected chi connectivity index (χ4v) is 5.01. The maximum atomic E-state index is 13.4. The zero-order chi connectivity index (χ0) is 27.4. The third-order valence-corrected chi connectivity index (χ3v) is 7.20. The summed E-state index contributed by atoms with van der Waals surface area (Å²) in [4.78, 5) is 54.1. The Balaban J connectivity index is 1.39. The number of carbonyl (C=O) groups is 4. The van der Waals surface area contributed by atoms with Crippen LogP contribution in [-0.2, 0) is 20.9 Å². The molecule has 0 aromatic heterocycles. The van der Waals surface area contributed by atoms with E-state index in [4.69, 9.17) is 14.2 Å². The minimum absolute atomic E-state index is 0.00624. The third kappa shape index (κ3) is 6.24. The van der Waals surface area contributed by atoms with Crippen molar-refractivity contribution in [2.24, 2.45) is 0 Å². The summed E-state index contributed by atoms with van der Waals surface area (Å²) < 4.78 is 17.3. The molecule has 2 saturated heterocycles. The van der Waals surface area contributed by atoms with E-state index in [1.165, 1.54) is 13.2 Å². The van der Waals surface area contributed by atoms with Crippen LogP contribution in [0.1, 0.15) is 35.2 Å². The van der Waals surface area contributed by atoms with Crippen LogP contribution in [0.3, 0.4) is 0 Å². The maximum absolute atomic E-state index is 13.4. The lowest BCUT2D eigenvalue weighted by molar-refractivity contribution is -0.140. The molecule has 11 heteroatoms. The van der Waals surface area contributed by atoms with Crippen molar-refractivity contribution < 1.29 is 33.4 Å². The molecule has 0 spiro atoms. The van der Waals surface area contributed by atoms with Gasteiger partial charge < -0.3 is 34.6 Å². The third-order valence-electron chi connectivity index (χ3n) is 7.20. The summed E-state index contributed by atoms with van der Waals surface area (Å²) >= 11 is 0. The highest BCUT2D eigenvalue weighted by molar-refractivity contribution is 5.95. The van der Waals surface area contributed by atoms with Crippen molar-refractivity contribution in [3.05, 3.63) is 53.6 Å². The Kier molecular flexibility index (Phi) is 7.85. The quantitative estimate of drug-likeness (QED) is 0.602. The van der Waals surface area contributed by atoms with Crippen LogP contribution in [0.4, 0.5) is 0 Å². The van der Waals surface area contributed by atoms with Gasteiger partial charge in [-0.3, -0.25) is 19.2 Å². The fourth-order valence-electron chi connectivity index (χ4n) is 5.01. The van der Waals surface area contributed by atoms with Crippen molar-refractivity contribution in [2.45, 2.75) is 38.0 Å². The lowest BCUT2D eigenvalue weighted by atomic mass is 10.0. The van der Waals surface area contributed by atoms with Gasteiger partial charge in [0.25, 0.3) is 11.8 Å². The summed E-state index contributed by atoms with van der Waals surface area (Å²) in [6.45, 7) is 1.39. The van der Waals surface area contributed by atoms with Crippen molar-refractivity contribution in [3.63, 3.8) is 0 Å². The molecule has 0 unspecified atom stereocenters. The van der Waals surface area contributed by atoms with Gasteiger partial charge in [-0.1, -0.05) is 12.1 Å². The predicted molar refractivity (Wildman–Crippen MR) is 139 cm³/mol. The number of nitrogens with zero attached hydrogens (tertiary/aromatic N) is 2. The molecule has 4 aliphatic rings. The molecule has 4 amide bonds. The molecule has 2 aromatic carbocycles. The molecule has 39 heavy (non-hydrogen) atoms. The molecule has 2 atom stereocenters. The zero-order valence-corrected chi connectivity index (χ0v) is 21.8. The highest BCUT2D eigenvalue weighted by Crippen LogP contribution is 2.29. The van der Waals surface area contributed by atoms with E-state index in [1.807, 2.05) is 24.3 Å². The minimum Gasteiger partial charge on any atom is -0.493 e.